The van der Waals surface area contributed by atoms with Crippen LogP contribution in [0, 0.1) is 5.92 Å². The van der Waals surface area contributed by atoms with Crippen molar-refractivity contribution in [2.24, 2.45) is 18.7 Å². The highest BCUT2D eigenvalue weighted by molar-refractivity contribution is 5.81. The van der Waals surface area contributed by atoms with Crippen LogP contribution in [0.25, 0.3) is 10.9 Å². The number of nitrogens with zero attached hydrogens (tertiary/aromatic N) is 2. The number of primary amides is 1. The number of rotatable bonds is 3. The number of aromatic nitrogens is 1. The fourth-order valence-electron chi connectivity index (χ4n) is 2.94. The topological polar surface area (TPSA) is 51.3 Å². The van der Waals surface area contributed by atoms with Crippen molar-refractivity contribution in [1.82, 2.24) is 9.47 Å². The van der Waals surface area contributed by atoms with E-state index in [1.165, 1.54) is 16.6 Å². The van der Waals surface area contributed by atoms with Crippen molar-refractivity contribution >= 4 is 16.8 Å². The highest BCUT2D eigenvalue weighted by Crippen LogP contribution is 2.22. The molecule has 0 unspecified atom stereocenters. The smallest absolute Gasteiger partial charge is 0.221 e. The highest BCUT2D eigenvalue weighted by Gasteiger charge is 2.26. The lowest BCUT2D eigenvalue weighted by Gasteiger charge is -2.15. The number of hydrogen-bond acceptors (Lipinski definition) is 2. The van der Waals surface area contributed by atoms with Gasteiger partial charge in [-0.15, -0.1) is 0 Å². The molecule has 19 heavy (non-hydrogen) atoms. The molecule has 0 bridgehead atoms. The first kappa shape index (κ1) is 12.2. The van der Waals surface area contributed by atoms with Crippen molar-refractivity contribution in [3.8, 4) is 0 Å². The third kappa shape index (κ3) is 2.24. The molecule has 4 heteroatoms. The van der Waals surface area contributed by atoms with Crippen molar-refractivity contribution in [2.75, 3.05) is 13.1 Å². The van der Waals surface area contributed by atoms with Crippen molar-refractivity contribution in [3.63, 3.8) is 0 Å². The van der Waals surface area contributed by atoms with Gasteiger partial charge in [0.1, 0.15) is 0 Å². The van der Waals surface area contributed by atoms with E-state index in [0.717, 1.165) is 26.1 Å². The maximum atomic E-state index is 11.2. The molecular formula is C15H19N3O. The maximum Gasteiger partial charge on any atom is 0.221 e. The number of amides is 1. The summed E-state index contributed by atoms with van der Waals surface area (Å²) >= 11 is 0. The lowest BCUT2D eigenvalue weighted by Crippen LogP contribution is -2.27. The molecule has 2 N–H and O–H groups in total. The molecule has 0 aliphatic carbocycles. The molecule has 1 saturated heterocycles. The Hall–Kier alpha value is -1.81. The number of carbonyl (C=O) groups excluding carboxylic acids is 1. The molecule has 4 nitrogen and oxygen atoms in total. The number of para-hydroxylation sites is 1. The molecule has 1 aliphatic rings. The largest absolute Gasteiger partial charge is 0.369 e. The summed E-state index contributed by atoms with van der Waals surface area (Å²) in [7, 11) is 2.10. The number of carbonyl (C=O) groups is 1. The van der Waals surface area contributed by atoms with E-state index in [1.807, 2.05) is 0 Å². The van der Waals surface area contributed by atoms with Gasteiger partial charge in [-0.3, -0.25) is 9.69 Å². The molecule has 1 fully saturated rings. The Kier molecular flexibility index (Phi) is 3.03. The number of fused-ring (bicyclic) bond motifs is 1. The quantitative estimate of drug-likeness (QED) is 0.905. The van der Waals surface area contributed by atoms with Gasteiger partial charge in [0.15, 0.2) is 0 Å². The zero-order chi connectivity index (χ0) is 13.4. The predicted molar refractivity (Wildman–Crippen MR) is 75.5 cm³/mol. The van der Waals surface area contributed by atoms with Gasteiger partial charge >= 0.3 is 0 Å². The van der Waals surface area contributed by atoms with Crippen LogP contribution in [0.5, 0.6) is 0 Å². The van der Waals surface area contributed by atoms with Crippen LogP contribution in [-0.4, -0.2) is 28.5 Å². The van der Waals surface area contributed by atoms with Gasteiger partial charge in [0, 0.05) is 31.3 Å². The summed E-state index contributed by atoms with van der Waals surface area (Å²) in [6.07, 6.45) is 0.888. The normalized spacial score (nSPS) is 20.2. The summed E-state index contributed by atoms with van der Waals surface area (Å²) in [4.78, 5) is 13.5. The van der Waals surface area contributed by atoms with E-state index in [9.17, 15) is 4.79 Å². The molecule has 1 atom stereocenters. The van der Waals surface area contributed by atoms with Gasteiger partial charge in [0.25, 0.3) is 0 Å². The SMILES string of the molecule is Cn1c(CN2CC[C@H](C(N)=O)C2)cc2ccccc21. The first-order valence-electron chi connectivity index (χ1n) is 6.70. The molecule has 1 amide bonds. The summed E-state index contributed by atoms with van der Waals surface area (Å²) in [5, 5.41) is 1.27. The summed E-state index contributed by atoms with van der Waals surface area (Å²) in [5.74, 6) is -0.144. The van der Waals surface area contributed by atoms with Crippen molar-refractivity contribution < 1.29 is 4.79 Å². The molecule has 2 heterocycles. The lowest BCUT2D eigenvalue weighted by atomic mass is 10.1. The van der Waals surface area contributed by atoms with Crippen molar-refractivity contribution in [1.29, 1.82) is 0 Å². The second-order valence-electron chi connectivity index (χ2n) is 5.38. The average molecular weight is 257 g/mol. The van der Waals surface area contributed by atoms with Crippen LogP contribution in [-0.2, 0) is 18.4 Å². The molecule has 0 spiro atoms. The first-order valence-corrected chi connectivity index (χ1v) is 6.70. The zero-order valence-corrected chi connectivity index (χ0v) is 11.2. The molecule has 0 saturated carbocycles. The molecular weight excluding hydrogens is 238 g/mol. The van der Waals surface area contributed by atoms with E-state index >= 15 is 0 Å². The fraction of sp³-hybridized carbons (Fsp3) is 0.400. The Labute approximate surface area is 112 Å². The van der Waals surface area contributed by atoms with Crippen LogP contribution in [0.4, 0.5) is 0 Å². The minimum atomic E-state index is -0.167. The molecule has 3 rings (SSSR count). The van der Waals surface area contributed by atoms with Gasteiger partial charge in [-0.2, -0.15) is 0 Å². The molecule has 0 radical (unpaired) electrons. The minimum Gasteiger partial charge on any atom is -0.369 e. The van der Waals surface area contributed by atoms with Crippen molar-refractivity contribution in [3.05, 3.63) is 36.0 Å². The van der Waals surface area contributed by atoms with Gasteiger partial charge < -0.3 is 10.3 Å². The number of nitrogens with two attached hydrogens (primary N) is 1. The lowest BCUT2D eigenvalue weighted by molar-refractivity contribution is -0.121. The van der Waals surface area contributed by atoms with Gasteiger partial charge in [-0.1, -0.05) is 18.2 Å². The summed E-state index contributed by atoms with van der Waals surface area (Å²) in [5.41, 5.74) is 7.91. The van der Waals surface area contributed by atoms with E-state index in [0.29, 0.717) is 0 Å². The molecule has 100 valence electrons. The standard InChI is InChI=1S/C15H19N3O/c1-17-13(8-11-4-2-3-5-14(11)17)10-18-7-6-12(9-18)15(16)19/h2-5,8,12H,6-7,9-10H2,1H3,(H2,16,19)/t12-/m0/s1. The maximum absolute atomic E-state index is 11.2. The predicted octanol–water partition coefficient (Wildman–Crippen LogP) is 1.49. The molecule has 1 aromatic heterocycles. The third-order valence-corrected chi connectivity index (χ3v) is 4.11. The minimum absolute atomic E-state index is 0.0229. The van der Waals surface area contributed by atoms with Crippen LogP contribution in [0.2, 0.25) is 0 Å². The Morgan fingerprint density at radius 3 is 2.89 bits per heavy atom. The van der Waals surface area contributed by atoms with Gasteiger partial charge in [-0.05, 0) is 30.5 Å². The van der Waals surface area contributed by atoms with Gasteiger partial charge in [-0.25, -0.2) is 0 Å². The Morgan fingerprint density at radius 1 is 1.42 bits per heavy atom. The Balaban J connectivity index is 1.79. The average Bonchev–Trinajstić information content (AvgIpc) is 2.97. The monoisotopic (exact) mass is 257 g/mol. The van der Waals surface area contributed by atoms with Crippen LogP contribution >= 0.6 is 0 Å². The summed E-state index contributed by atoms with van der Waals surface area (Å²) < 4.78 is 2.23. The van der Waals surface area contributed by atoms with Crippen LogP contribution in [0.3, 0.4) is 0 Å². The second-order valence-corrected chi connectivity index (χ2v) is 5.38. The first-order chi connectivity index (χ1) is 9.15. The van der Waals surface area contributed by atoms with Gasteiger partial charge in [0.05, 0.1) is 5.92 Å². The number of hydrogen-bond donors (Lipinski definition) is 1. The van der Waals surface area contributed by atoms with Crippen LogP contribution in [0.1, 0.15) is 12.1 Å². The third-order valence-electron chi connectivity index (χ3n) is 4.11. The van der Waals surface area contributed by atoms with E-state index in [1.54, 1.807) is 0 Å². The number of likely N-dealkylation sites (tertiary alicyclic amines) is 1. The van der Waals surface area contributed by atoms with Crippen molar-refractivity contribution in [2.45, 2.75) is 13.0 Å². The Morgan fingerprint density at radius 2 is 2.21 bits per heavy atom. The molecule has 1 aliphatic heterocycles. The van der Waals surface area contributed by atoms with E-state index in [4.69, 9.17) is 5.73 Å². The number of aryl methyl sites for hydroxylation is 1. The summed E-state index contributed by atoms with van der Waals surface area (Å²) in [6.45, 7) is 2.63. The molecule has 2 aromatic rings. The van der Waals surface area contributed by atoms with Gasteiger partial charge in [0.2, 0.25) is 5.91 Å². The second kappa shape index (κ2) is 4.70. The van der Waals surface area contributed by atoms with Crippen LogP contribution in [0.15, 0.2) is 30.3 Å². The number of benzene rings is 1. The highest BCUT2D eigenvalue weighted by atomic mass is 16.1. The molecule has 1 aromatic carbocycles. The zero-order valence-electron chi connectivity index (χ0n) is 11.2. The van der Waals surface area contributed by atoms with E-state index in [-0.39, 0.29) is 11.8 Å². The fourth-order valence-corrected chi connectivity index (χ4v) is 2.94. The Bertz CT molecular complexity index is 617. The summed E-state index contributed by atoms with van der Waals surface area (Å²) in [6, 6.07) is 10.6. The van der Waals surface area contributed by atoms with E-state index < -0.39 is 0 Å². The van der Waals surface area contributed by atoms with E-state index in [2.05, 4.69) is 46.8 Å². The van der Waals surface area contributed by atoms with Crippen LogP contribution < -0.4 is 5.73 Å².